The molecule has 0 fully saturated rings. The van der Waals surface area contributed by atoms with Crippen LogP contribution in [0.2, 0.25) is 0 Å². The molecule has 2 aromatic heterocycles. The van der Waals surface area contributed by atoms with E-state index < -0.39 is 0 Å². The van der Waals surface area contributed by atoms with E-state index in [1.807, 2.05) is 11.6 Å². The van der Waals surface area contributed by atoms with Crippen LogP contribution in [0.3, 0.4) is 0 Å². The fourth-order valence-corrected chi connectivity index (χ4v) is 2.48. The molecule has 2 rings (SSSR count). The molecule has 0 aliphatic rings. The van der Waals surface area contributed by atoms with E-state index in [0.717, 1.165) is 29.1 Å². The molecule has 2 aromatic rings. The molecule has 92 valence electrons. The lowest BCUT2D eigenvalue weighted by Gasteiger charge is -2.05. The molecule has 0 bridgehead atoms. The van der Waals surface area contributed by atoms with Gasteiger partial charge in [0.25, 0.3) is 0 Å². The van der Waals surface area contributed by atoms with Crippen LogP contribution in [0.25, 0.3) is 0 Å². The average molecular weight is 253 g/mol. The van der Waals surface area contributed by atoms with E-state index in [4.69, 9.17) is 5.73 Å². The number of rotatable bonds is 5. The first kappa shape index (κ1) is 12.1. The van der Waals surface area contributed by atoms with E-state index in [1.165, 1.54) is 0 Å². The lowest BCUT2D eigenvalue weighted by atomic mass is 10.6. The summed E-state index contributed by atoms with van der Waals surface area (Å²) in [5, 5.41) is 13.1. The summed E-state index contributed by atoms with van der Waals surface area (Å²) in [6, 6.07) is 0. The minimum atomic E-state index is 0.408. The highest BCUT2D eigenvalue weighted by Gasteiger charge is 2.11. The topological polar surface area (TPSA) is 87.4 Å². The number of aromatic nitrogens is 6. The van der Waals surface area contributed by atoms with Crippen molar-refractivity contribution in [3.05, 3.63) is 18.0 Å². The second-order valence-electron chi connectivity index (χ2n) is 3.44. The Morgan fingerprint density at radius 3 is 2.76 bits per heavy atom. The smallest absolute Gasteiger partial charge is 0.191 e. The van der Waals surface area contributed by atoms with Gasteiger partial charge in [0, 0.05) is 13.6 Å². The summed E-state index contributed by atoms with van der Waals surface area (Å²) in [5.41, 5.74) is 5.60. The number of nitrogens with zero attached hydrogens (tertiary/aromatic N) is 6. The van der Waals surface area contributed by atoms with Crippen LogP contribution in [-0.2, 0) is 25.9 Å². The van der Waals surface area contributed by atoms with E-state index in [1.54, 1.807) is 22.8 Å². The molecule has 7 nitrogen and oxygen atoms in total. The van der Waals surface area contributed by atoms with Crippen molar-refractivity contribution in [2.24, 2.45) is 12.8 Å². The third-order valence-corrected chi connectivity index (χ3v) is 3.39. The van der Waals surface area contributed by atoms with Crippen LogP contribution >= 0.6 is 11.8 Å². The van der Waals surface area contributed by atoms with Gasteiger partial charge >= 0.3 is 0 Å². The van der Waals surface area contributed by atoms with E-state index in [2.05, 4.69) is 27.2 Å². The predicted molar refractivity (Wildman–Crippen MR) is 64.2 cm³/mol. The second-order valence-corrected chi connectivity index (χ2v) is 4.38. The lowest BCUT2D eigenvalue weighted by molar-refractivity contribution is 0.642. The highest BCUT2D eigenvalue weighted by Crippen LogP contribution is 2.20. The molecular formula is C9H15N7S. The monoisotopic (exact) mass is 253 g/mol. The summed E-state index contributed by atoms with van der Waals surface area (Å²) in [5.74, 6) is 2.45. The SMILES string of the molecule is CCn1c(CN)nnc1SCc1ncnn1C. The maximum Gasteiger partial charge on any atom is 0.191 e. The maximum atomic E-state index is 5.60. The van der Waals surface area contributed by atoms with Crippen molar-refractivity contribution >= 4 is 11.8 Å². The summed E-state index contributed by atoms with van der Waals surface area (Å²) in [6.45, 7) is 3.28. The minimum Gasteiger partial charge on any atom is -0.324 e. The minimum absolute atomic E-state index is 0.408. The Morgan fingerprint density at radius 1 is 1.35 bits per heavy atom. The van der Waals surface area contributed by atoms with Gasteiger partial charge in [-0.25, -0.2) is 4.98 Å². The fraction of sp³-hybridized carbons (Fsp3) is 0.556. The number of thioether (sulfide) groups is 1. The Balaban J connectivity index is 2.09. The second kappa shape index (κ2) is 5.28. The zero-order chi connectivity index (χ0) is 12.3. The Labute approximate surface area is 103 Å². The van der Waals surface area contributed by atoms with Gasteiger partial charge in [-0.2, -0.15) is 5.10 Å². The van der Waals surface area contributed by atoms with Gasteiger partial charge in [-0.05, 0) is 6.92 Å². The van der Waals surface area contributed by atoms with Gasteiger partial charge in [-0.1, -0.05) is 11.8 Å². The van der Waals surface area contributed by atoms with Crippen LogP contribution in [0, 0.1) is 0 Å². The van der Waals surface area contributed by atoms with Gasteiger partial charge in [0.2, 0.25) is 0 Å². The van der Waals surface area contributed by atoms with Gasteiger partial charge in [-0.15, -0.1) is 10.2 Å². The van der Waals surface area contributed by atoms with Crippen molar-refractivity contribution in [1.29, 1.82) is 0 Å². The Morgan fingerprint density at radius 2 is 2.18 bits per heavy atom. The summed E-state index contributed by atoms with van der Waals surface area (Å²) in [4.78, 5) is 4.16. The molecule has 0 amide bonds. The van der Waals surface area contributed by atoms with Crippen LogP contribution in [0.4, 0.5) is 0 Å². The number of hydrogen-bond donors (Lipinski definition) is 1. The summed E-state index contributed by atoms with van der Waals surface area (Å²) >= 11 is 1.59. The third-order valence-electron chi connectivity index (χ3n) is 2.43. The van der Waals surface area contributed by atoms with Gasteiger partial charge in [0.05, 0.1) is 12.3 Å². The maximum absolute atomic E-state index is 5.60. The number of hydrogen-bond acceptors (Lipinski definition) is 6. The highest BCUT2D eigenvalue weighted by molar-refractivity contribution is 7.98. The van der Waals surface area contributed by atoms with Crippen molar-refractivity contribution in [3.8, 4) is 0 Å². The van der Waals surface area contributed by atoms with Crippen LogP contribution in [0.15, 0.2) is 11.5 Å². The van der Waals surface area contributed by atoms with Crippen LogP contribution < -0.4 is 5.73 Å². The molecule has 8 heteroatoms. The molecule has 2 heterocycles. The zero-order valence-electron chi connectivity index (χ0n) is 9.87. The normalized spacial score (nSPS) is 11.0. The van der Waals surface area contributed by atoms with E-state index >= 15 is 0 Å². The molecule has 2 N–H and O–H groups in total. The molecule has 17 heavy (non-hydrogen) atoms. The molecule has 0 saturated heterocycles. The molecular weight excluding hydrogens is 238 g/mol. The lowest BCUT2D eigenvalue weighted by Crippen LogP contribution is -2.08. The first-order valence-corrected chi connectivity index (χ1v) is 6.32. The molecule has 0 atom stereocenters. The number of nitrogens with two attached hydrogens (primary N) is 1. The van der Waals surface area contributed by atoms with Gasteiger partial charge < -0.3 is 10.3 Å². The molecule has 0 aliphatic heterocycles. The van der Waals surface area contributed by atoms with Crippen LogP contribution in [0.1, 0.15) is 18.6 Å². The largest absolute Gasteiger partial charge is 0.324 e. The van der Waals surface area contributed by atoms with E-state index in [-0.39, 0.29) is 0 Å². The van der Waals surface area contributed by atoms with Crippen LogP contribution in [0.5, 0.6) is 0 Å². The van der Waals surface area contributed by atoms with Gasteiger partial charge in [0.15, 0.2) is 5.16 Å². The first-order valence-electron chi connectivity index (χ1n) is 5.34. The first-order chi connectivity index (χ1) is 8.26. The average Bonchev–Trinajstić information content (AvgIpc) is 2.92. The third kappa shape index (κ3) is 2.47. The summed E-state index contributed by atoms with van der Waals surface area (Å²) in [6.07, 6.45) is 1.55. The standard InChI is InChI=1S/C9H15N7S/c1-3-16-7(4-10)13-14-9(16)17-5-8-11-6-12-15(8)2/h6H,3-5,10H2,1-2H3. The highest BCUT2D eigenvalue weighted by atomic mass is 32.2. The fourth-order valence-electron chi connectivity index (χ4n) is 1.47. The van der Waals surface area contributed by atoms with Crippen molar-refractivity contribution in [2.45, 2.75) is 30.9 Å². The molecule has 0 radical (unpaired) electrons. The molecule has 0 aromatic carbocycles. The molecule has 0 aliphatic carbocycles. The molecule has 0 saturated carbocycles. The van der Waals surface area contributed by atoms with E-state index in [9.17, 15) is 0 Å². The Kier molecular flexibility index (Phi) is 3.75. The molecule has 0 unspecified atom stereocenters. The predicted octanol–water partition coefficient (Wildman–Crippen LogP) is 0.177. The Hall–Kier alpha value is -1.41. The van der Waals surface area contributed by atoms with Crippen LogP contribution in [-0.4, -0.2) is 29.5 Å². The van der Waals surface area contributed by atoms with Crippen molar-refractivity contribution < 1.29 is 0 Å². The quantitative estimate of drug-likeness (QED) is 0.765. The zero-order valence-corrected chi connectivity index (χ0v) is 10.7. The van der Waals surface area contributed by atoms with Crippen molar-refractivity contribution in [3.63, 3.8) is 0 Å². The van der Waals surface area contributed by atoms with Crippen molar-refractivity contribution in [2.75, 3.05) is 0 Å². The summed E-state index contributed by atoms with van der Waals surface area (Å²) in [7, 11) is 1.87. The van der Waals surface area contributed by atoms with E-state index in [0.29, 0.717) is 6.54 Å². The van der Waals surface area contributed by atoms with Gasteiger partial charge in [-0.3, -0.25) is 4.68 Å². The Bertz CT molecular complexity index is 489. The number of aryl methyl sites for hydroxylation is 1. The van der Waals surface area contributed by atoms with Gasteiger partial charge in [0.1, 0.15) is 18.0 Å². The summed E-state index contributed by atoms with van der Waals surface area (Å²) < 4.78 is 3.77. The molecule has 0 spiro atoms. The van der Waals surface area contributed by atoms with Crippen molar-refractivity contribution in [1.82, 2.24) is 29.5 Å².